The molecule has 0 aromatic rings. The van der Waals surface area contributed by atoms with Crippen LogP contribution >= 0.6 is 0 Å². The molecule has 20 heavy (non-hydrogen) atoms. The summed E-state index contributed by atoms with van der Waals surface area (Å²) in [4.78, 5) is 37.9. The third-order valence-corrected chi connectivity index (χ3v) is 3.56. The van der Waals surface area contributed by atoms with Gasteiger partial charge in [0.05, 0.1) is 13.5 Å². The average Bonchev–Trinajstić information content (AvgIpc) is 2.86. The van der Waals surface area contributed by atoms with Crippen LogP contribution in [-0.2, 0) is 14.3 Å². The summed E-state index contributed by atoms with van der Waals surface area (Å²) in [5.74, 6) is -1.37. The summed E-state index contributed by atoms with van der Waals surface area (Å²) in [6.45, 7) is 4.38. The maximum Gasteiger partial charge on any atom is 0.328 e. The molecule has 114 valence electrons. The maximum absolute atomic E-state index is 12.5. The summed E-state index contributed by atoms with van der Waals surface area (Å²) in [6, 6.07) is -1.27. The van der Waals surface area contributed by atoms with E-state index in [2.05, 4.69) is 0 Å². The number of carboxylic acid groups (broad SMARTS) is 1. The summed E-state index contributed by atoms with van der Waals surface area (Å²) in [6.07, 6.45) is 1.22. The minimum atomic E-state index is -0.949. The van der Waals surface area contributed by atoms with Gasteiger partial charge in [-0.25, -0.2) is 9.59 Å². The van der Waals surface area contributed by atoms with Crippen molar-refractivity contribution in [2.24, 2.45) is 0 Å². The Bertz CT molecular complexity index is 385. The Balaban J connectivity index is 2.79. The molecule has 0 aromatic carbocycles. The Morgan fingerprint density at radius 3 is 2.60 bits per heavy atom. The first-order valence-electron chi connectivity index (χ1n) is 6.79. The predicted octanol–water partition coefficient (Wildman–Crippen LogP) is 0.929. The number of aliphatic carboxylic acids is 1. The number of ether oxygens (including phenoxy) is 1. The summed E-state index contributed by atoms with van der Waals surface area (Å²) in [5.41, 5.74) is 0. The zero-order valence-corrected chi connectivity index (χ0v) is 12.2. The molecule has 0 spiro atoms. The van der Waals surface area contributed by atoms with Gasteiger partial charge in [-0.2, -0.15) is 0 Å². The number of esters is 1. The number of rotatable bonds is 5. The summed E-state index contributed by atoms with van der Waals surface area (Å²) in [7, 11) is 1.30. The number of nitrogens with zero attached hydrogens (tertiary/aromatic N) is 2. The maximum atomic E-state index is 12.5. The van der Waals surface area contributed by atoms with Gasteiger partial charge in [0.25, 0.3) is 0 Å². The zero-order valence-electron chi connectivity index (χ0n) is 12.2. The van der Waals surface area contributed by atoms with Gasteiger partial charge < -0.3 is 19.6 Å². The summed E-state index contributed by atoms with van der Waals surface area (Å²) < 4.78 is 4.71. The van der Waals surface area contributed by atoms with E-state index in [1.165, 1.54) is 16.9 Å². The van der Waals surface area contributed by atoms with Gasteiger partial charge >= 0.3 is 18.0 Å². The van der Waals surface area contributed by atoms with Crippen molar-refractivity contribution in [1.29, 1.82) is 0 Å². The van der Waals surface area contributed by atoms with E-state index in [1.807, 2.05) is 0 Å². The second-order valence-corrected chi connectivity index (χ2v) is 4.89. The lowest BCUT2D eigenvalue weighted by molar-refractivity contribution is -0.145. The highest BCUT2D eigenvalue weighted by Crippen LogP contribution is 2.21. The molecule has 1 saturated heterocycles. The van der Waals surface area contributed by atoms with E-state index in [0.717, 1.165) is 6.42 Å². The minimum absolute atomic E-state index is 0.115. The van der Waals surface area contributed by atoms with Crippen molar-refractivity contribution in [3.8, 4) is 0 Å². The number of carbonyl (C=O) groups is 3. The van der Waals surface area contributed by atoms with E-state index in [4.69, 9.17) is 9.84 Å². The molecule has 0 radical (unpaired) electrons. The van der Waals surface area contributed by atoms with Crippen LogP contribution in [0.3, 0.4) is 0 Å². The molecule has 1 aliphatic heterocycles. The number of carbonyl (C=O) groups excluding carboxylic acids is 2. The molecule has 1 heterocycles. The lowest BCUT2D eigenvalue weighted by Crippen LogP contribution is -2.51. The standard InChI is InChI=1S/C13H22N2O5/c1-4-14(9(2)8-11(16)17)13(19)15-7-5-6-10(15)12(18)20-3/h9-10H,4-8H2,1-3H3,(H,16,17). The van der Waals surface area contributed by atoms with Gasteiger partial charge in [-0.15, -0.1) is 0 Å². The van der Waals surface area contributed by atoms with Crippen molar-refractivity contribution >= 4 is 18.0 Å². The number of methoxy groups -OCH3 is 1. The number of urea groups is 1. The fourth-order valence-corrected chi connectivity index (χ4v) is 2.54. The number of likely N-dealkylation sites (tertiary alicyclic amines) is 1. The second-order valence-electron chi connectivity index (χ2n) is 4.89. The molecule has 0 aromatic heterocycles. The van der Waals surface area contributed by atoms with Crippen LogP contribution in [0.4, 0.5) is 4.79 Å². The van der Waals surface area contributed by atoms with Crippen molar-refractivity contribution in [2.45, 2.75) is 45.2 Å². The van der Waals surface area contributed by atoms with Crippen molar-refractivity contribution in [2.75, 3.05) is 20.2 Å². The van der Waals surface area contributed by atoms with Gasteiger partial charge in [-0.3, -0.25) is 4.79 Å². The van der Waals surface area contributed by atoms with Crippen LogP contribution < -0.4 is 0 Å². The van der Waals surface area contributed by atoms with E-state index < -0.39 is 24.0 Å². The lowest BCUT2D eigenvalue weighted by atomic mass is 10.2. The van der Waals surface area contributed by atoms with Crippen molar-refractivity contribution in [3.05, 3.63) is 0 Å². The van der Waals surface area contributed by atoms with E-state index in [-0.39, 0.29) is 12.5 Å². The highest BCUT2D eigenvalue weighted by molar-refractivity contribution is 5.84. The number of hydrogen-bond donors (Lipinski definition) is 1. The van der Waals surface area contributed by atoms with E-state index in [0.29, 0.717) is 19.5 Å². The van der Waals surface area contributed by atoms with Gasteiger partial charge in [-0.1, -0.05) is 0 Å². The van der Waals surface area contributed by atoms with Gasteiger partial charge in [0.1, 0.15) is 6.04 Å². The first-order valence-corrected chi connectivity index (χ1v) is 6.79. The van der Waals surface area contributed by atoms with Gasteiger partial charge in [0.15, 0.2) is 0 Å². The van der Waals surface area contributed by atoms with E-state index in [1.54, 1.807) is 13.8 Å². The Morgan fingerprint density at radius 1 is 1.45 bits per heavy atom. The smallest absolute Gasteiger partial charge is 0.328 e. The van der Waals surface area contributed by atoms with Crippen LogP contribution in [0.15, 0.2) is 0 Å². The summed E-state index contributed by atoms with van der Waals surface area (Å²) in [5, 5.41) is 8.83. The molecular weight excluding hydrogens is 264 g/mol. The molecule has 7 heteroatoms. The van der Waals surface area contributed by atoms with Crippen LogP contribution in [0.2, 0.25) is 0 Å². The third kappa shape index (κ3) is 3.61. The van der Waals surface area contributed by atoms with Crippen molar-refractivity contribution in [3.63, 3.8) is 0 Å². The van der Waals surface area contributed by atoms with Crippen LogP contribution in [0, 0.1) is 0 Å². The van der Waals surface area contributed by atoms with Crippen LogP contribution in [0.5, 0.6) is 0 Å². The molecule has 2 unspecified atom stereocenters. The molecule has 0 bridgehead atoms. The van der Waals surface area contributed by atoms with E-state index in [9.17, 15) is 14.4 Å². The molecule has 0 saturated carbocycles. The Kier molecular flexibility index (Phi) is 5.79. The number of hydrogen-bond acceptors (Lipinski definition) is 4. The fourth-order valence-electron chi connectivity index (χ4n) is 2.54. The SMILES string of the molecule is CCN(C(=O)N1CCCC1C(=O)OC)C(C)CC(=O)O. The number of amides is 2. The van der Waals surface area contributed by atoms with Gasteiger partial charge in [-0.05, 0) is 26.7 Å². The topological polar surface area (TPSA) is 87.2 Å². The van der Waals surface area contributed by atoms with Gasteiger partial charge in [0, 0.05) is 19.1 Å². The normalized spacial score (nSPS) is 19.6. The van der Waals surface area contributed by atoms with Crippen LogP contribution in [-0.4, -0.2) is 65.2 Å². The lowest BCUT2D eigenvalue weighted by Gasteiger charge is -2.33. The predicted molar refractivity (Wildman–Crippen MR) is 71.2 cm³/mol. The molecule has 7 nitrogen and oxygen atoms in total. The molecule has 2 amide bonds. The summed E-state index contributed by atoms with van der Waals surface area (Å²) >= 11 is 0. The van der Waals surface area contributed by atoms with Gasteiger partial charge in [0.2, 0.25) is 0 Å². The molecule has 1 fully saturated rings. The quantitative estimate of drug-likeness (QED) is 0.760. The fraction of sp³-hybridized carbons (Fsp3) is 0.769. The molecule has 1 N–H and O–H groups in total. The van der Waals surface area contributed by atoms with Crippen LogP contribution in [0.1, 0.15) is 33.1 Å². The Labute approximate surface area is 118 Å². The molecule has 2 atom stereocenters. The Morgan fingerprint density at radius 2 is 2.10 bits per heavy atom. The third-order valence-electron chi connectivity index (χ3n) is 3.56. The van der Waals surface area contributed by atoms with Crippen molar-refractivity contribution < 1.29 is 24.2 Å². The largest absolute Gasteiger partial charge is 0.481 e. The monoisotopic (exact) mass is 286 g/mol. The van der Waals surface area contributed by atoms with E-state index >= 15 is 0 Å². The van der Waals surface area contributed by atoms with Crippen molar-refractivity contribution in [1.82, 2.24) is 9.80 Å². The highest BCUT2D eigenvalue weighted by atomic mass is 16.5. The second kappa shape index (κ2) is 7.12. The van der Waals surface area contributed by atoms with Crippen LogP contribution in [0.25, 0.3) is 0 Å². The first-order chi connectivity index (χ1) is 9.42. The first kappa shape index (κ1) is 16.3. The molecule has 0 aliphatic carbocycles. The number of carboxylic acids is 1. The highest BCUT2D eigenvalue weighted by Gasteiger charge is 2.37. The zero-order chi connectivity index (χ0) is 15.3. The average molecular weight is 286 g/mol. The Hall–Kier alpha value is -1.79. The molecular formula is C13H22N2O5. The molecule has 1 aliphatic rings. The molecule has 1 rings (SSSR count). The minimum Gasteiger partial charge on any atom is -0.481 e.